The van der Waals surface area contributed by atoms with E-state index in [1.807, 2.05) is 0 Å². The molecule has 1 saturated carbocycles. The highest BCUT2D eigenvalue weighted by Crippen LogP contribution is 2.40. The molecule has 1 saturated heterocycles. The zero-order valence-corrected chi connectivity index (χ0v) is 20.4. The summed E-state index contributed by atoms with van der Waals surface area (Å²) in [5, 5.41) is 4.98. The van der Waals surface area contributed by atoms with Crippen molar-refractivity contribution in [2.75, 3.05) is 11.5 Å². The third-order valence-corrected chi connectivity index (χ3v) is 9.02. The summed E-state index contributed by atoms with van der Waals surface area (Å²) in [4.78, 5) is 49.0. The number of urea groups is 1. The standard InChI is InChI=1S/C22H28N6O3S2/c1-11-5-7-22(8-6-11)19(30)28(21(31)26-22)27-15(29)10-32-20-24-17(23)16-13-4-3-12(2)9-14(13)33-18(16)25-20/h11-12H,3-10H2,1-2H3,(H,26,31)(H,27,29)(H2,23,24,25). The number of nitrogens with zero attached hydrogens (tertiary/aromatic N) is 3. The van der Waals surface area contributed by atoms with Gasteiger partial charge in [-0.05, 0) is 62.3 Å². The van der Waals surface area contributed by atoms with E-state index in [9.17, 15) is 14.4 Å². The average molecular weight is 489 g/mol. The number of anilines is 1. The van der Waals surface area contributed by atoms with Gasteiger partial charge in [0.25, 0.3) is 5.91 Å². The number of carbonyl (C=O) groups excluding carboxylic acids is 3. The number of nitrogens with one attached hydrogen (secondary N) is 2. The van der Waals surface area contributed by atoms with Crippen LogP contribution in [-0.2, 0) is 22.4 Å². The van der Waals surface area contributed by atoms with E-state index in [0.717, 1.165) is 59.1 Å². The first kappa shape index (κ1) is 22.4. The van der Waals surface area contributed by atoms with Crippen molar-refractivity contribution in [3.63, 3.8) is 0 Å². The van der Waals surface area contributed by atoms with Crippen molar-refractivity contribution in [1.29, 1.82) is 0 Å². The number of fused-ring (bicyclic) bond motifs is 3. The van der Waals surface area contributed by atoms with E-state index >= 15 is 0 Å². The van der Waals surface area contributed by atoms with Crippen molar-refractivity contribution in [2.45, 2.75) is 69.5 Å². The van der Waals surface area contributed by atoms with Crippen molar-refractivity contribution < 1.29 is 14.4 Å². The van der Waals surface area contributed by atoms with Gasteiger partial charge in [0.15, 0.2) is 5.16 Å². The minimum atomic E-state index is -0.887. The largest absolute Gasteiger partial charge is 0.383 e. The molecule has 4 amide bonds. The van der Waals surface area contributed by atoms with E-state index in [4.69, 9.17) is 5.73 Å². The summed E-state index contributed by atoms with van der Waals surface area (Å²) in [5.41, 5.74) is 9.10. The van der Waals surface area contributed by atoms with Gasteiger partial charge in [-0.1, -0.05) is 25.6 Å². The number of thioether (sulfide) groups is 1. The van der Waals surface area contributed by atoms with Gasteiger partial charge in [0.2, 0.25) is 5.91 Å². The highest BCUT2D eigenvalue weighted by molar-refractivity contribution is 7.99. The molecule has 9 nitrogen and oxygen atoms in total. The molecule has 33 heavy (non-hydrogen) atoms. The number of rotatable bonds is 4. The molecule has 2 fully saturated rings. The predicted octanol–water partition coefficient (Wildman–Crippen LogP) is 3.02. The van der Waals surface area contributed by atoms with Crippen LogP contribution in [0.3, 0.4) is 0 Å². The smallest absolute Gasteiger partial charge is 0.344 e. The Morgan fingerprint density at radius 2 is 2.00 bits per heavy atom. The monoisotopic (exact) mass is 488 g/mol. The fourth-order valence-electron chi connectivity index (χ4n) is 5.02. The Morgan fingerprint density at radius 1 is 1.24 bits per heavy atom. The molecular formula is C22H28N6O3S2. The molecule has 4 N–H and O–H groups in total. The maximum atomic E-state index is 12.9. The lowest BCUT2D eigenvalue weighted by Crippen LogP contribution is -2.51. The van der Waals surface area contributed by atoms with E-state index in [0.29, 0.717) is 35.7 Å². The molecule has 0 aromatic carbocycles. The minimum absolute atomic E-state index is 0.0336. The number of carbonyl (C=O) groups is 3. The van der Waals surface area contributed by atoms with Gasteiger partial charge in [0.1, 0.15) is 16.2 Å². The molecule has 1 aliphatic heterocycles. The van der Waals surface area contributed by atoms with Crippen LogP contribution in [0, 0.1) is 11.8 Å². The quantitative estimate of drug-likeness (QED) is 0.343. The van der Waals surface area contributed by atoms with Crippen LogP contribution in [0.1, 0.15) is 56.4 Å². The predicted molar refractivity (Wildman–Crippen MR) is 128 cm³/mol. The van der Waals surface area contributed by atoms with Gasteiger partial charge in [-0.2, -0.15) is 5.01 Å². The Labute approximate surface area is 200 Å². The van der Waals surface area contributed by atoms with E-state index in [2.05, 4.69) is 34.6 Å². The van der Waals surface area contributed by atoms with E-state index in [1.165, 1.54) is 10.4 Å². The molecule has 1 atom stereocenters. The normalized spacial score (nSPS) is 27.2. The number of hydrogen-bond donors (Lipinski definition) is 3. The van der Waals surface area contributed by atoms with Gasteiger partial charge in [0, 0.05) is 4.88 Å². The lowest BCUT2D eigenvalue weighted by molar-refractivity contribution is -0.139. The first-order valence-electron chi connectivity index (χ1n) is 11.4. The van der Waals surface area contributed by atoms with Gasteiger partial charge in [0.05, 0.1) is 11.1 Å². The maximum absolute atomic E-state index is 12.9. The molecule has 3 heterocycles. The van der Waals surface area contributed by atoms with Crippen LogP contribution in [0.4, 0.5) is 10.6 Å². The molecule has 176 valence electrons. The number of hydrazine groups is 1. The van der Waals surface area contributed by atoms with Crippen molar-refractivity contribution in [1.82, 2.24) is 25.7 Å². The molecule has 2 aliphatic carbocycles. The van der Waals surface area contributed by atoms with Crippen LogP contribution in [0.5, 0.6) is 0 Å². The minimum Gasteiger partial charge on any atom is -0.383 e. The zero-order valence-electron chi connectivity index (χ0n) is 18.8. The number of aromatic nitrogens is 2. The van der Waals surface area contributed by atoms with Gasteiger partial charge < -0.3 is 11.1 Å². The maximum Gasteiger partial charge on any atom is 0.344 e. The molecule has 0 radical (unpaired) electrons. The molecule has 3 aliphatic rings. The lowest BCUT2D eigenvalue weighted by atomic mass is 9.77. The second kappa shape index (κ2) is 8.43. The number of nitrogen functional groups attached to an aromatic ring is 1. The zero-order chi connectivity index (χ0) is 23.3. The lowest BCUT2D eigenvalue weighted by Gasteiger charge is -2.33. The second-order valence-corrected chi connectivity index (χ2v) is 11.6. The topological polar surface area (TPSA) is 130 Å². The van der Waals surface area contributed by atoms with Crippen LogP contribution in [0.15, 0.2) is 5.16 Å². The van der Waals surface area contributed by atoms with Crippen LogP contribution in [-0.4, -0.2) is 44.1 Å². The van der Waals surface area contributed by atoms with Crippen LogP contribution < -0.4 is 16.5 Å². The third kappa shape index (κ3) is 4.05. The second-order valence-electron chi connectivity index (χ2n) is 9.58. The Balaban J connectivity index is 1.24. The number of thiophene rings is 1. The van der Waals surface area contributed by atoms with Gasteiger partial charge >= 0.3 is 6.03 Å². The molecular weight excluding hydrogens is 460 g/mol. The van der Waals surface area contributed by atoms with Gasteiger partial charge in [-0.15, -0.1) is 11.3 Å². The molecule has 2 aromatic heterocycles. The number of hydrogen-bond acceptors (Lipinski definition) is 8. The van der Waals surface area contributed by atoms with E-state index in [-0.39, 0.29) is 11.7 Å². The highest BCUT2D eigenvalue weighted by atomic mass is 32.2. The molecule has 1 spiro atoms. The Morgan fingerprint density at radius 3 is 2.76 bits per heavy atom. The van der Waals surface area contributed by atoms with Gasteiger partial charge in [-0.3, -0.25) is 15.0 Å². The fraction of sp³-hybridized carbons (Fsp3) is 0.591. The number of nitrogens with two attached hydrogens (primary N) is 1. The molecule has 5 rings (SSSR count). The van der Waals surface area contributed by atoms with Crippen molar-refractivity contribution in [3.05, 3.63) is 10.4 Å². The highest BCUT2D eigenvalue weighted by Gasteiger charge is 2.52. The van der Waals surface area contributed by atoms with Crippen LogP contribution >= 0.6 is 23.1 Å². The number of imide groups is 1. The summed E-state index contributed by atoms with van der Waals surface area (Å²) in [6.45, 7) is 4.40. The van der Waals surface area contributed by atoms with Crippen molar-refractivity contribution in [3.8, 4) is 0 Å². The molecule has 0 bridgehead atoms. The van der Waals surface area contributed by atoms with E-state index < -0.39 is 17.5 Å². The van der Waals surface area contributed by atoms with Crippen molar-refractivity contribution >= 4 is 57.0 Å². The fourth-order valence-corrected chi connectivity index (χ4v) is 7.11. The summed E-state index contributed by atoms with van der Waals surface area (Å²) in [6, 6.07) is -0.576. The van der Waals surface area contributed by atoms with Crippen LogP contribution in [0.2, 0.25) is 0 Å². The number of aryl methyl sites for hydroxylation is 1. The van der Waals surface area contributed by atoms with Crippen LogP contribution in [0.25, 0.3) is 10.2 Å². The summed E-state index contributed by atoms with van der Waals surface area (Å²) in [7, 11) is 0. The Hall–Kier alpha value is -2.40. The first-order valence-corrected chi connectivity index (χ1v) is 13.2. The van der Waals surface area contributed by atoms with E-state index in [1.54, 1.807) is 11.3 Å². The number of amides is 4. The summed E-state index contributed by atoms with van der Waals surface area (Å²) >= 11 is 2.79. The van der Waals surface area contributed by atoms with Crippen molar-refractivity contribution in [2.24, 2.45) is 11.8 Å². The summed E-state index contributed by atoms with van der Waals surface area (Å²) in [6.07, 6.45) is 6.09. The molecule has 1 unspecified atom stereocenters. The first-order chi connectivity index (χ1) is 15.8. The average Bonchev–Trinajstić information content (AvgIpc) is 3.24. The third-order valence-electron chi connectivity index (χ3n) is 7.02. The SMILES string of the molecule is CC1CCC2(CC1)NC(=O)N(NC(=O)CSc1nc(N)c3c4c(sc3n1)CC(C)CC4)C2=O. The summed E-state index contributed by atoms with van der Waals surface area (Å²) in [5.74, 6) is 0.747. The summed E-state index contributed by atoms with van der Waals surface area (Å²) < 4.78 is 0. The molecule has 11 heteroatoms. The molecule has 2 aromatic rings. The Kier molecular flexibility index (Phi) is 5.72. The Bertz CT molecular complexity index is 1140. The van der Waals surface area contributed by atoms with Gasteiger partial charge in [-0.25, -0.2) is 14.8 Å².